The zero-order valence-corrected chi connectivity index (χ0v) is 9.70. The molecular weight excluding hydrogens is 249 g/mol. The molecule has 1 saturated heterocycles. The zero-order valence-electron chi connectivity index (χ0n) is 9.70. The van der Waals surface area contributed by atoms with Crippen molar-refractivity contribution in [2.45, 2.75) is 24.8 Å². The fourth-order valence-corrected chi connectivity index (χ4v) is 1.39. The molecule has 1 heterocycles. The van der Waals surface area contributed by atoms with Crippen LogP contribution in [0.3, 0.4) is 0 Å². The number of ether oxygens (including phenoxy) is 2. The molecule has 0 amide bonds. The van der Waals surface area contributed by atoms with Crippen molar-refractivity contribution in [3.05, 3.63) is 29.8 Å². The Morgan fingerprint density at radius 2 is 1.89 bits per heavy atom. The molecule has 100 valence electrons. The van der Waals surface area contributed by atoms with E-state index < -0.39 is 11.8 Å². The van der Waals surface area contributed by atoms with Crippen LogP contribution in [0.15, 0.2) is 24.3 Å². The van der Waals surface area contributed by atoms with Crippen molar-refractivity contribution >= 4 is 0 Å². The summed E-state index contributed by atoms with van der Waals surface area (Å²) in [4.78, 5) is 0. The molecule has 6 heteroatoms. The number of aliphatic hydroxyl groups is 1. The second-order valence-corrected chi connectivity index (χ2v) is 4.36. The van der Waals surface area contributed by atoms with Gasteiger partial charge in [0, 0.05) is 0 Å². The highest BCUT2D eigenvalue weighted by molar-refractivity contribution is 5.31. The first-order chi connectivity index (χ1) is 8.30. The summed E-state index contributed by atoms with van der Waals surface area (Å²) in [5.41, 5.74) is -3.07. The molecule has 0 spiro atoms. The van der Waals surface area contributed by atoms with E-state index in [0.29, 0.717) is 19.0 Å². The minimum atomic E-state index is -4.71. The molecule has 0 aromatic heterocycles. The molecule has 18 heavy (non-hydrogen) atoms. The number of hydrogen-bond donors (Lipinski definition) is 1. The number of alkyl halides is 3. The molecule has 2 atom stereocenters. The summed E-state index contributed by atoms with van der Waals surface area (Å²) in [5.74, 6) is 0.451. The van der Waals surface area contributed by atoms with Crippen LogP contribution in [0.2, 0.25) is 0 Å². The van der Waals surface area contributed by atoms with Crippen LogP contribution < -0.4 is 4.74 Å². The standard InChI is InChI=1S/C12H13F3O3/c1-11(16,12(13,14)15)8-2-4-9(5-3-8)17-6-10-7-18-10/h2-5,10,16H,6-7H2,1H3. The van der Waals surface area contributed by atoms with E-state index in [2.05, 4.69) is 0 Å². The van der Waals surface area contributed by atoms with Crippen molar-refractivity contribution in [3.63, 3.8) is 0 Å². The van der Waals surface area contributed by atoms with E-state index >= 15 is 0 Å². The van der Waals surface area contributed by atoms with Crippen LogP contribution in [0.25, 0.3) is 0 Å². The summed E-state index contributed by atoms with van der Waals surface area (Å²) >= 11 is 0. The highest BCUT2D eigenvalue weighted by Crippen LogP contribution is 2.38. The third-order valence-corrected chi connectivity index (χ3v) is 2.81. The Morgan fingerprint density at radius 3 is 2.33 bits per heavy atom. The normalized spacial score (nSPS) is 22.4. The lowest BCUT2D eigenvalue weighted by Crippen LogP contribution is -2.39. The second kappa shape index (κ2) is 4.44. The molecule has 0 saturated carbocycles. The van der Waals surface area contributed by atoms with Crippen LogP contribution >= 0.6 is 0 Å². The Hall–Kier alpha value is -1.27. The minimum absolute atomic E-state index is 0.0861. The molecule has 1 aliphatic heterocycles. The van der Waals surface area contributed by atoms with Crippen molar-refractivity contribution < 1.29 is 27.8 Å². The van der Waals surface area contributed by atoms with Gasteiger partial charge < -0.3 is 14.6 Å². The highest BCUT2D eigenvalue weighted by atomic mass is 19.4. The first-order valence-corrected chi connectivity index (χ1v) is 5.45. The van der Waals surface area contributed by atoms with E-state index in [1.807, 2.05) is 0 Å². The topological polar surface area (TPSA) is 42.0 Å². The van der Waals surface area contributed by atoms with E-state index in [9.17, 15) is 18.3 Å². The SMILES string of the molecule is CC(O)(c1ccc(OCC2CO2)cc1)C(F)(F)F. The number of benzene rings is 1. The molecule has 0 bridgehead atoms. The van der Waals surface area contributed by atoms with E-state index in [-0.39, 0.29) is 11.7 Å². The van der Waals surface area contributed by atoms with Gasteiger partial charge in [-0.1, -0.05) is 12.1 Å². The average molecular weight is 262 g/mol. The van der Waals surface area contributed by atoms with Crippen LogP contribution in [0.5, 0.6) is 5.75 Å². The Balaban J connectivity index is 2.06. The molecule has 1 aromatic rings. The van der Waals surface area contributed by atoms with Gasteiger partial charge in [0.25, 0.3) is 0 Å². The average Bonchev–Trinajstić information content (AvgIpc) is 3.09. The van der Waals surface area contributed by atoms with E-state index in [0.717, 1.165) is 6.92 Å². The molecule has 0 aliphatic carbocycles. The Kier molecular flexibility index (Phi) is 3.25. The first-order valence-electron chi connectivity index (χ1n) is 5.45. The second-order valence-electron chi connectivity index (χ2n) is 4.36. The Bertz CT molecular complexity index is 408. The van der Waals surface area contributed by atoms with Crippen LogP contribution in [0, 0.1) is 0 Å². The van der Waals surface area contributed by atoms with Gasteiger partial charge in [0.2, 0.25) is 0 Å². The first kappa shape index (κ1) is 13.2. The van der Waals surface area contributed by atoms with E-state index in [1.54, 1.807) is 0 Å². The zero-order chi connectivity index (χ0) is 13.4. The largest absolute Gasteiger partial charge is 0.491 e. The van der Waals surface area contributed by atoms with Crippen LogP contribution in [-0.4, -0.2) is 30.6 Å². The van der Waals surface area contributed by atoms with Crippen LogP contribution in [-0.2, 0) is 10.3 Å². The summed E-state index contributed by atoms with van der Waals surface area (Å²) in [6, 6.07) is 5.21. The fraction of sp³-hybridized carbons (Fsp3) is 0.500. The van der Waals surface area contributed by atoms with Crippen molar-refractivity contribution in [1.82, 2.24) is 0 Å². The maximum absolute atomic E-state index is 12.6. The molecular formula is C12H13F3O3. The molecule has 1 aromatic carbocycles. The molecule has 0 radical (unpaired) electrons. The summed E-state index contributed by atoms with van der Waals surface area (Å²) in [6.45, 7) is 1.76. The number of halogens is 3. The lowest BCUT2D eigenvalue weighted by molar-refractivity contribution is -0.258. The van der Waals surface area contributed by atoms with E-state index in [1.165, 1.54) is 24.3 Å². The number of rotatable bonds is 4. The number of hydrogen-bond acceptors (Lipinski definition) is 3. The van der Waals surface area contributed by atoms with Gasteiger partial charge in [0.15, 0.2) is 5.60 Å². The van der Waals surface area contributed by atoms with E-state index in [4.69, 9.17) is 9.47 Å². The van der Waals surface area contributed by atoms with Crippen molar-refractivity contribution in [2.24, 2.45) is 0 Å². The van der Waals surface area contributed by atoms with Gasteiger partial charge in [-0.3, -0.25) is 0 Å². The van der Waals surface area contributed by atoms with Gasteiger partial charge in [0.1, 0.15) is 18.5 Å². The van der Waals surface area contributed by atoms with Crippen molar-refractivity contribution in [2.75, 3.05) is 13.2 Å². The third kappa shape index (κ3) is 2.76. The fourth-order valence-electron chi connectivity index (χ4n) is 1.39. The minimum Gasteiger partial charge on any atom is -0.491 e. The van der Waals surface area contributed by atoms with Crippen molar-refractivity contribution in [1.29, 1.82) is 0 Å². The van der Waals surface area contributed by atoms with Gasteiger partial charge in [-0.2, -0.15) is 13.2 Å². The monoisotopic (exact) mass is 262 g/mol. The maximum atomic E-state index is 12.6. The van der Waals surface area contributed by atoms with Gasteiger partial charge in [-0.15, -0.1) is 0 Å². The molecule has 1 aliphatic rings. The summed E-state index contributed by atoms with van der Waals surface area (Å²) in [6.07, 6.45) is -4.63. The van der Waals surface area contributed by atoms with Crippen LogP contribution in [0.4, 0.5) is 13.2 Å². The molecule has 2 rings (SSSR count). The highest BCUT2D eigenvalue weighted by Gasteiger charge is 2.51. The lowest BCUT2D eigenvalue weighted by atomic mass is 9.95. The summed E-state index contributed by atoms with van der Waals surface area (Å²) < 4.78 is 48.0. The number of epoxide rings is 1. The smallest absolute Gasteiger partial charge is 0.421 e. The Labute approximate surface area is 102 Å². The molecule has 1 N–H and O–H groups in total. The summed E-state index contributed by atoms with van der Waals surface area (Å²) in [7, 11) is 0. The molecule has 1 fully saturated rings. The lowest BCUT2D eigenvalue weighted by Gasteiger charge is -2.26. The third-order valence-electron chi connectivity index (χ3n) is 2.81. The predicted octanol–water partition coefficient (Wildman–Crippen LogP) is 2.23. The molecule has 3 nitrogen and oxygen atoms in total. The van der Waals surface area contributed by atoms with Gasteiger partial charge in [0.05, 0.1) is 6.61 Å². The predicted molar refractivity (Wildman–Crippen MR) is 57.3 cm³/mol. The molecule has 2 unspecified atom stereocenters. The van der Waals surface area contributed by atoms with Gasteiger partial charge >= 0.3 is 6.18 Å². The maximum Gasteiger partial charge on any atom is 0.421 e. The van der Waals surface area contributed by atoms with Gasteiger partial charge in [-0.05, 0) is 24.6 Å². The summed E-state index contributed by atoms with van der Waals surface area (Å²) in [5, 5.41) is 9.46. The van der Waals surface area contributed by atoms with Crippen molar-refractivity contribution in [3.8, 4) is 5.75 Å². The van der Waals surface area contributed by atoms with Gasteiger partial charge in [-0.25, -0.2) is 0 Å². The van der Waals surface area contributed by atoms with Crippen LogP contribution in [0.1, 0.15) is 12.5 Å². The quantitative estimate of drug-likeness (QED) is 0.846. The Morgan fingerprint density at radius 1 is 1.33 bits per heavy atom.